The summed E-state index contributed by atoms with van der Waals surface area (Å²) in [5.41, 5.74) is 2.76. The molecule has 1 atom stereocenters. The maximum Gasteiger partial charge on any atom is 0.335 e. The molecule has 3 rings (SSSR count). The van der Waals surface area contributed by atoms with E-state index < -0.39 is 5.97 Å². The smallest absolute Gasteiger partial charge is 0.335 e. The summed E-state index contributed by atoms with van der Waals surface area (Å²) in [6, 6.07) is 7.76. The first-order chi connectivity index (χ1) is 11.5. The van der Waals surface area contributed by atoms with Crippen molar-refractivity contribution < 1.29 is 9.90 Å². The van der Waals surface area contributed by atoms with Crippen LogP contribution in [0.4, 0.5) is 0 Å². The minimum atomic E-state index is -0.855. The summed E-state index contributed by atoms with van der Waals surface area (Å²) in [5.74, 6) is -0.267. The van der Waals surface area contributed by atoms with Gasteiger partial charge in [0.2, 0.25) is 0 Å². The van der Waals surface area contributed by atoms with Gasteiger partial charge in [-0.25, -0.2) is 9.78 Å². The molecule has 0 bridgehead atoms. The highest BCUT2D eigenvalue weighted by Crippen LogP contribution is 2.23. The Balaban J connectivity index is 1.58. The number of aromatic nitrogens is 2. The Kier molecular flexibility index (Phi) is 5.00. The molecule has 5 nitrogen and oxygen atoms in total. The van der Waals surface area contributed by atoms with Gasteiger partial charge in [0.15, 0.2) is 0 Å². The molecule has 0 amide bonds. The molecule has 1 aromatic carbocycles. The lowest BCUT2D eigenvalue weighted by molar-refractivity contribution is 0.0696. The van der Waals surface area contributed by atoms with Crippen LogP contribution in [0, 0.1) is 5.92 Å². The Bertz CT molecular complexity index is 708. The SMILES string of the molecule is CC(C)n1cncc1CN1CCC(Cc2cccc(C(=O)O)c2)C1. The summed E-state index contributed by atoms with van der Waals surface area (Å²) in [6.45, 7) is 7.43. The van der Waals surface area contributed by atoms with E-state index in [1.54, 1.807) is 12.1 Å². The molecule has 0 saturated carbocycles. The summed E-state index contributed by atoms with van der Waals surface area (Å²) in [4.78, 5) is 17.8. The van der Waals surface area contributed by atoms with Crippen molar-refractivity contribution in [1.82, 2.24) is 14.5 Å². The molecule has 2 heterocycles. The Hall–Kier alpha value is -2.14. The minimum absolute atomic E-state index is 0.378. The van der Waals surface area contributed by atoms with Crippen LogP contribution in [0.3, 0.4) is 0 Å². The summed E-state index contributed by atoms with van der Waals surface area (Å²) in [7, 11) is 0. The molecule has 0 aliphatic carbocycles. The third kappa shape index (κ3) is 3.85. The maximum absolute atomic E-state index is 11.1. The predicted octanol–water partition coefficient (Wildman–Crippen LogP) is 3.23. The number of hydrogen-bond acceptors (Lipinski definition) is 3. The van der Waals surface area contributed by atoms with E-state index in [-0.39, 0.29) is 0 Å². The van der Waals surface area contributed by atoms with Crippen LogP contribution in [-0.4, -0.2) is 38.6 Å². The number of nitrogens with zero attached hydrogens (tertiary/aromatic N) is 3. The van der Waals surface area contributed by atoms with Crippen LogP contribution in [0.5, 0.6) is 0 Å². The number of carboxylic acid groups (broad SMARTS) is 1. The van der Waals surface area contributed by atoms with Gasteiger partial charge in [-0.15, -0.1) is 0 Å². The first-order valence-electron chi connectivity index (χ1n) is 8.58. The van der Waals surface area contributed by atoms with Crippen LogP contribution in [0.25, 0.3) is 0 Å². The highest BCUT2D eigenvalue weighted by molar-refractivity contribution is 5.87. The molecule has 0 radical (unpaired) electrons. The molecule has 5 heteroatoms. The van der Waals surface area contributed by atoms with E-state index >= 15 is 0 Å². The second-order valence-electron chi connectivity index (χ2n) is 6.99. The molecule has 1 aliphatic heterocycles. The van der Waals surface area contributed by atoms with E-state index in [0.717, 1.165) is 38.0 Å². The van der Waals surface area contributed by atoms with Gasteiger partial charge in [-0.05, 0) is 56.8 Å². The van der Waals surface area contributed by atoms with E-state index in [1.807, 2.05) is 24.7 Å². The number of carbonyl (C=O) groups is 1. The molecule has 1 N–H and O–H groups in total. The molecule has 1 aromatic heterocycles. The van der Waals surface area contributed by atoms with Gasteiger partial charge in [0.25, 0.3) is 0 Å². The summed E-state index contributed by atoms with van der Waals surface area (Å²) < 4.78 is 2.23. The van der Waals surface area contributed by atoms with E-state index in [4.69, 9.17) is 5.11 Å². The van der Waals surface area contributed by atoms with Gasteiger partial charge in [-0.3, -0.25) is 4.90 Å². The standard InChI is InChI=1S/C19H25N3O2/c1-14(2)22-13-20-10-18(22)12-21-7-6-16(11-21)8-15-4-3-5-17(9-15)19(23)24/h3-5,9-10,13-14,16H,6-8,11-12H2,1-2H3,(H,23,24). The molecular formula is C19H25N3O2. The first-order valence-corrected chi connectivity index (χ1v) is 8.58. The number of imidazole rings is 1. The zero-order valence-electron chi connectivity index (χ0n) is 14.4. The molecule has 1 saturated heterocycles. The van der Waals surface area contributed by atoms with Gasteiger partial charge in [0, 0.05) is 25.3 Å². The maximum atomic E-state index is 11.1. The Morgan fingerprint density at radius 2 is 2.25 bits per heavy atom. The third-order valence-corrected chi connectivity index (χ3v) is 4.76. The fourth-order valence-corrected chi connectivity index (χ4v) is 3.54. The average molecular weight is 327 g/mol. The minimum Gasteiger partial charge on any atom is -0.478 e. The lowest BCUT2D eigenvalue weighted by Crippen LogP contribution is -2.22. The topological polar surface area (TPSA) is 58.4 Å². The van der Waals surface area contributed by atoms with Crippen LogP contribution in [0.15, 0.2) is 36.8 Å². The molecule has 2 aromatic rings. The van der Waals surface area contributed by atoms with Crippen molar-refractivity contribution in [2.24, 2.45) is 5.92 Å². The van der Waals surface area contributed by atoms with E-state index in [9.17, 15) is 4.79 Å². The van der Waals surface area contributed by atoms with Crippen LogP contribution < -0.4 is 0 Å². The van der Waals surface area contributed by atoms with Gasteiger partial charge >= 0.3 is 5.97 Å². The Morgan fingerprint density at radius 1 is 1.42 bits per heavy atom. The molecule has 0 spiro atoms. The number of benzene rings is 1. The number of hydrogen-bond donors (Lipinski definition) is 1. The Labute approximate surface area is 142 Å². The fraction of sp³-hybridized carbons (Fsp3) is 0.474. The van der Waals surface area contributed by atoms with Crippen molar-refractivity contribution >= 4 is 5.97 Å². The average Bonchev–Trinajstić information content (AvgIpc) is 3.17. The monoisotopic (exact) mass is 327 g/mol. The van der Waals surface area contributed by atoms with Crippen LogP contribution in [-0.2, 0) is 13.0 Å². The van der Waals surface area contributed by atoms with Gasteiger partial charge in [-0.2, -0.15) is 0 Å². The molecule has 128 valence electrons. The third-order valence-electron chi connectivity index (χ3n) is 4.76. The van der Waals surface area contributed by atoms with Crippen molar-refractivity contribution in [3.63, 3.8) is 0 Å². The lowest BCUT2D eigenvalue weighted by Gasteiger charge is -2.19. The van der Waals surface area contributed by atoms with Crippen LogP contribution >= 0.6 is 0 Å². The highest BCUT2D eigenvalue weighted by Gasteiger charge is 2.24. The van der Waals surface area contributed by atoms with Crippen molar-refractivity contribution in [2.75, 3.05) is 13.1 Å². The largest absolute Gasteiger partial charge is 0.478 e. The molecule has 1 fully saturated rings. The van der Waals surface area contributed by atoms with Crippen molar-refractivity contribution in [3.8, 4) is 0 Å². The zero-order valence-corrected chi connectivity index (χ0v) is 14.4. The summed E-state index contributed by atoms with van der Waals surface area (Å²) in [6.07, 6.45) is 5.97. The molecule has 1 unspecified atom stereocenters. The van der Waals surface area contributed by atoms with Crippen LogP contribution in [0.2, 0.25) is 0 Å². The van der Waals surface area contributed by atoms with E-state index in [1.165, 1.54) is 5.69 Å². The fourth-order valence-electron chi connectivity index (χ4n) is 3.54. The second-order valence-corrected chi connectivity index (χ2v) is 6.99. The molecule has 1 aliphatic rings. The number of aromatic carboxylic acids is 1. The Morgan fingerprint density at radius 3 is 3.00 bits per heavy atom. The quantitative estimate of drug-likeness (QED) is 0.885. The van der Waals surface area contributed by atoms with Gasteiger partial charge in [0.05, 0.1) is 17.6 Å². The van der Waals surface area contributed by atoms with Crippen molar-refractivity contribution in [1.29, 1.82) is 0 Å². The lowest BCUT2D eigenvalue weighted by atomic mass is 9.97. The van der Waals surface area contributed by atoms with Gasteiger partial charge in [-0.1, -0.05) is 12.1 Å². The van der Waals surface area contributed by atoms with E-state index in [2.05, 4.69) is 28.3 Å². The second kappa shape index (κ2) is 7.18. The number of likely N-dealkylation sites (tertiary alicyclic amines) is 1. The van der Waals surface area contributed by atoms with Crippen molar-refractivity contribution in [3.05, 3.63) is 53.6 Å². The van der Waals surface area contributed by atoms with E-state index in [0.29, 0.717) is 17.5 Å². The predicted molar refractivity (Wildman–Crippen MR) is 93.1 cm³/mol. The first kappa shape index (κ1) is 16.7. The summed E-state index contributed by atoms with van der Waals surface area (Å²) in [5, 5.41) is 9.11. The number of rotatable bonds is 6. The molecular weight excluding hydrogens is 302 g/mol. The zero-order chi connectivity index (χ0) is 17.1. The van der Waals surface area contributed by atoms with Gasteiger partial charge in [0.1, 0.15) is 0 Å². The van der Waals surface area contributed by atoms with Crippen molar-refractivity contribution in [2.45, 2.75) is 39.3 Å². The van der Waals surface area contributed by atoms with Gasteiger partial charge < -0.3 is 9.67 Å². The summed E-state index contributed by atoms with van der Waals surface area (Å²) >= 11 is 0. The van der Waals surface area contributed by atoms with Crippen LogP contribution in [0.1, 0.15) is 47.9 Å². The normalized spacial score (nSPS) is 18.4. The molecule has 24 heavy (non-hydrogen) atoms. The highest BCUT2D eigenvalue weighted by atomic mass is 16.4. The number of carboxylic acids is 1.